The number of hydrogen-bond acceptors (Lipinski definition) is 9. The minimum atomic E-state index is -2.09. The van der Waals surface area contributed by atoms with Crippen LogP contribution < -0.4 is 0 Å². The summed E-state index contributed by atoms with van der Waals surface area (Å²) in [7, 11) is 0. The Morgan fingerprint density at radius 3 is 2.35 bits per heavy atom. The summed E-state index contributed by atoms with van der Waals surface area (Å²) < 4.78 is 16.4. The van der Waals surface area contributed by atoms with Crippen molar-refractivity contribution < 1.29 is 38.8 Å². The zero-order valence-electron chi connectivity index (χ0n) is 18.8. The first-order chi connectivity index (χ1) is 14.4. The Balaban J connectivity index is 1.98. The van der Waals surface area contributed by atoms with Gasteiger partial charge in [0, 0.05) is 13.1 Å². The van der Waals surface area contributed by atoms with Crippen LogP contribution in [-0.4, -0.2) is 82.2 Å². The fraction of sp³-hybridized carbons (Fsp3) is 0.773. The van der Waals surface area contributed by atoms with Crippen LogP contribution in [-0.2, 0) is 28.6 Å². The van der Waals surface area contributed by atoms with E-state index in [2.05, 4.69) is 4.90 Å². The quantitative estimate of drug-likeness (QED) is 0.361. The Labute approximate surface area is 182 Å². The first-order valence-electron chi connectivity index (χ1n) is 10.9. The van der Waals surface area contributed by atoms with Crippen molar-refractivity contribution in [2.45, 2.75) is 76.9 Å². The number of aliphatic hydroxyl groups is 2. The minimum absolute atomic E-state index is 0.0712. The zero-order chi connectivity index (χ0) is 23.1. The Bertz CT molecular complexity index is 777. The van der Waals surface area contributed by atoms with Gasteiger partial charge in [-0.2, -0.15) is 0 Å². The second kappa shape index (κ2) is 8.52. The number of rotatable bonds is 2. The molecule has 0 radical (unpaired) electrons. The molecule has 174 valence electrons. The number of ether oxygens (including phenoxy) is 3. The molecule has 2 saturated heterocycles. The van der Waals surface area contributed by atoms with Crippen LogP contribution in [0.4, 0.5) is 0 Å². The van der Waals surface area contributed by atoms with E-state index in [1.54, 1.807) is 27.7 Å². The Morgan fingerprint density at radius 1 is 1.06 bits per heavy atom. The summed E-state index contributed by atoms with van der Waals surface area (Å²) in [5, 5.41) is 22.2. The summed E-state index contributed by atoms with van der Waals surface area (Å²) in [6, 6.07) is -0.271. The molecule has 9 heteroatoms. The highest BCUT2D eigenvalue weighted by atomic mass is 16.6. The maximum atomic E-state index is 13.0. The van der Waals surface area contributed by atoms with Gasteiger partial charge in [-0.3, -0.25) is 9.69 Å². The van der Waals surface area contributed by atoms with Gasteiger partial charge in [-0.05, 0) is 30.8 Å². The third kappa shape index (κ3) is 4.10. The molecule has 0 aliphatic carbocycles. The SMILES string of the molecule is CC(C)[C@@]1(O)CC(=O)O[C@H](C)[C@](O)(C(C)C)C(=O)OCC2=CCN3CC[C@@H](OC1=O)[C@@H]23. The molecule has 0 aromatic carbocycles. The fourth-order valence-electron chi connectivity index (χ4n) is 4.56. The van der Waals surface area contributed by atoms with E-state index in [1.807, 2.05) is 6.08 Å². The predicted octanol–water partition coefficient (Wildman–Crippen LogP) is 0.565. The second-order valence-electron chi connectivity index (χ2n) is 9.40. The largest absolute Gasteiger partial charge is 0.459 e. The van der Waals surface area contributed by atoms with Gasteiger partial charge >= 0.3 is 17.9 Å². The highest BCUT2D eigenvalue weighted by Crippen LogP contribution is 2.35. The molecule has 0 unspecified atom stereocenters. The normalized spacial score (nSPS) is 37.8. The average Bonchev–Trinajstić information content (AvgIpc) is 3.27. The lowest BCUT2D eigenvalue weighted by atomic mass is 9.84. The molecular formula is C22H33NO8. The first kappa shape index (κ1) is 23.7. The van der Waals surface area contributed by atoms with Gasteiger partial charge < -0.3 is 24.4 Å². The van der Waals surface area contributed by atoms with Gasteiger partial charge in [0.05, 0.1) is 12.5 Å². The molecule has 2 fully saturated rings. The molecule has 0 aromatic rings. The Morgan fingerprint density at radius 2 is 1.74 bits per heavy atom. The van der Waals surface area contributed by atoms with Gasteiger partial charge in [-0.15, -0.1) is 0 Å². The fourth-order valence-corrected chi connectivity index (χ4v) is 4.56. The first-order valence-corrected chi connectivity index (χ1v) is 10.9. The van der Waals surface area contributed by atoms with Crippen molar-refractivity contribution in [2.24, 2.45) is 11.8 Å². The van der Waals surface area contributed by atoms with Crippen LogP contribution in [0.1, 0.15) is 47.5 Å². The number of hydrogen-bond donors (Lipinski definition) is 2. The van der Waals surface area contributed by atoms with Crippen LogP contribution in [0, 0.1) is 11.8 Å². The van der Waals surface area contributed by atoms with Crippen molar-refractivity contribution in [3.8, 4) is 0 Å². The van der Waals surface area contributed by atoms with Crippen molar-refractivity contribution in [2.75, 3.05) is 19.7 Å². The van der Waals surface area contributed by atoms with Crippen molar-refractivity contribution in [3.05, 3.63) is 11.6 Å². The van der Waals surface area contributed by atoms with Gasteiger partial charge in [0.25, 0.3) is 0 Å². The molecular weight excluding hydrogens is 406 g/mol. The van der Waals surface area contributed by atoms with Crippen LogP contribution in [0.15, 0.2) is 11.6 Å². The molecule has 0 amide bonds. The third-order valence-electron chi connectivity index (χ3n) is 6.90. The predicted molar refractivity (Wildman–Crippen MR) is 109 cm³/mol. The minimum Gasteiger partial charge on any atom is -0.459 e. The lowest BCUT2D eigenvalue weighted by Gasteiger charge is -2.37. The van der Waals surface area contributed by atoms with Crippen LogP contribution in [0.3, 0.4) is 0 Å². The van der Waals surface area contributed by atoms with Gasteiger partial charge in [-0.1, -0.05) is 33.8 Å². The molecule has 9 nitrogen and oxygen atoms in total. The standard InChI is InChI=1S/C22H33NO8/c1-12(2)21(27)10-17(24)30-14(5)22(28,13(3)4)20(26)29-11-15-6-8-23-9-7-16(18(15)23)31-19(21)25/h6,12-14,16,18,27-28H,7-11H2,1-5H3/t14-,16-,18-,21+,22-/m1/s1. The maximum Gasteiger partial charge on any atom is 0.342 e. The van der Waals surface area contributed by atoms with Crippen molar-refractivity contribution in [3.63, 3.8) is 0 Å². The van der Waals surface area contributed by atoms with Crippen molar-refractivity contribution in [1.29, 1.82) is 0 Å². The Kier molecular flexibility index (Phi) is 6.51. The molecule has 0 aromatic heterocycles. The van der Waals surface area contributed by atoms with Crippen LogP contribution in [0.25, 0.3) is 0 Å². The highest BCUT2D eigenvalue weighted by molar-refractivity contribution is 5.87. The van der Waals surface area contributed by atoms with E-state index in [4.69, 9.17) is 14.2 Å². The maximum absolute atomic E-state index is 13.0. The number of carbonyl (C=O) groups is 3. The summed E-state index contributed by atoms with van der Waals surface area (Å²) >= 11 is 0. The summed E-state index contributed by atoms with van der Waals surface area (Å²) in [4.78, 5) is 40.6. The number of carbonyl (C=O) groups excluding carboxylic acids is 3. The van der Waals surface area contributed by atoms with Gasteiger partial charge in [0.1, 0.15) is 18.8 Å². The van der Waals surface area contributed by atoms with E-state index in [1.165, 1.54) is 6.92 Å². The molecule has 3 aliphatic rings. The molecule has 0 bridgehead atoms. The smallest absolute Gasteiger partial charge is 0.342 e. The monoisotopic (exact) mass is 439 g/mol. The molecule has 31 heavy (non-hydrogen) atoms. The molecule has 3 rings (SSSR count). The molecule has 3 aliphatic heterocycles. The van der Waals surface area contributed by atoms with E-state index in [0.717, 1.165) is 5.57 Å². The van der Waals surface area contributed by atoms with Crippen molar-refractivity contribution >= 4 is 17.9 Å². The van der Waals surface area contributed by atoms with E-state index < -0.39 is 59.6 Å². The van der Waals surface area contributed by atoms with Crippen LogP contribution >= 0.6 is 0 Å². The molecule has 3 heterocycles. The summed E-state index contributed by atoms with van der Waals surface area (Å²) in [5.74, 6) is -3.92. The average molecular weight is 440 g/mol. The zero-order valence-corrected chi connectivity index (χ0v) is 18.8. The summed E-state index contributed by atoms with van der Waals surface area (Å²) in [6.07, 6.45) is 0.0491. The third-order valence-corrected chi connectivity index (χ3v) is 6.90. The van der Waals surface area contributed by atoms with Gasteiger partial charge in [-0.25, -0.2) is 9.59 Å². The summed E-state index contributed by atoms with van der Waals surface area (Å²) in [6.45, 7) is 9.12. The number of nitrogens with zero attached hydrogens (tertiary/aromatic N) is 1. The van der Waals surface area contributed by atoms with Crippen molar-refractivity contribution in [1.82, 2.24) is 4.90 Å². The van der Waals surface area contributed by atoms with E-state index >= 15 is 0 Å². The molecule has 0 spiro atoms. The summed E-state index contributed by atoms with van der Waals surface area (Å²) in [5.41, 5.74) is -3.39. The topological polar surface area (TPSA) is 123 Å². The van der Waals surface area contributed by atoms with Gasteiger partial charge in [0.15, 0.2) is 5.60 Å². The van der Waals surface area contributed by atoms with Gasteiger partial charge in [0.2, 0.25) is 5.60 Å². The molecule has 2 N–H and O–H groups in total. The lowest BCUT2D eigenvalue weighted by molar-refractivity contribution is -0.199. The van der Waals surface area contributed by atoms with E-state index in [9.17, 15) is 24.6 Å². The highest BCUT2D eigenvalue weighted by Gasteiger charge is 2.52. The molecule has 0 saturated carbocycles. The number of cyclic esters (lactones) is 2. The molecule has 5 atom stereocenters. The van der Waals surface area contributed by atoms with E-state index in [-0.39, 0.29) is 12.6 Å². The Hall–Kier alpha value is -1.97. The van der Waals surface area contributed by atoms with E-state index in [0.29, 0.717) is 19.5 Å². The van der Waals surface area contributed by atoms with Crippen LogP contribution in [0.5, 0.6) is 0 Å². The number of esters is 3. The lowest BCUT2D eigenvalue weighted by Crippen LogP contribution is -2.56. The van der Waals surface area contributed by atoms with Crippen LogP contribution in [0.2, 0.25) is 0 Å². The second-order valence-corrected chi connectivity index (χ2v) is 9.40.